The molecule has 116 valence electrons. The molecule has 1 aromatic rings. The van der Waals surface area contributed by atoms with E-state index in [2.05, 4.69) is 5.32 Å². The van der Waals surface area contributed by atoms with Crippen LogP contribution in [0.2, 0.25) is 0 Å². The van der Waals surface area contributed by atoms with E-state index in [-0.39, 0.29) is 18.0 Å². The molecule has 5 heteroatoms. The predicted octanol–water partition coefficient (Wildman–Crippen LogP) is 3.26. The summed E-state index contributed by atoms with van der Waals surface area (Å²) in [5.74, 6) is -3.57. The van der Waals surface area contributed by atoms with Crippen LogP contribution in [0.15, 0.2) is 30.3 Å². The van der Waals surface area contributed by atoms with Crippen LogP contribution < -0.4 is 5.32 Å². The van der Waals surface area contributed by atoms with Gasteiger partial charge in [0.25, 0.3) is 5.92 Å². The zero-order chi connectivity index (χ0) is 15.3. The molecular weight excluding hydrogens is 276 g/mol. The molecule has 21 heavy (non-hydrogen) atoms. The zero-order valence-electron chi connectivity index (χ0n) is 11.9. The zero-order valence-corrected chi connectivity index (χ0v) is 11.9. The van der Waals surface area contributed by atoms with Crippen molar-refractivity contribution < 1.29 is 18.7 Å². The summed E-state index contributed by atoms with van der Waals surface area (Å²) in [5.41, 5.74) is 0.0204. The third-order valence-corrected chi connectivity index (χ3v) is 4.17. The summed E-state index contributed by atoms with van der Waals surface area (Å²) in [6, 6.07) is 7.79. The smallest absolute Gasteiger partial charge is 0.306 e. The Hall–Kier alpha value is -1.49. The minimum Gasteiger partial charge on any atom is -0.481 e. The van der Waals surface area contributed by atoms with E-state index in [1.54, 1.807) is 18.2 Å². The second-order valence-corrected chi connectivity index (χ2v) is 5.76. The van der Waals surface area contributed by atoms with Crippen LogP contribution in [0.25, 0.3) is 0 Å². The molecule has 2 N–H and O–H groups in total. The molecule has 0 atom stereocenters. The maximum absolute atomic E-state index is 13.9. The van der Waals surface area contributed by atoms with E-state index < -0.39 is 11.9 Å². The van der Waals surface area contributed by atoms with Crippen molar-refractivity contribution in [2.45, 2.75) is 31.6 Å². The highest BCUT2D eigenvalue weighted by Gasteiger charge is 2.31. The summed E-state index contributed by atoms with van der Waals surface area (Å²) >= 11 is 0. The monoisotopic (exact) mass is 297 g/mol. The van der Waals surface area contributed by atoms with Crippen molar-refractivity contribution in [1.82, 2.24) is 5.32 Å². The van der Waals surface area contributed by atoms with Gasteiger partial charge in [-0.25, -0.2) is 0 Å². The molecule has 0 amide bonds. The van der Waals surface area contributed by atoms with Crippen molar-refractivity contribution in [2.24, 2.45) is 11.8 Å². The first kappa shape index (κ1) is 15.9. The Morgan fingerprint density at radius 1 is 1.19 bits per heavy atom. The first-order chi connectivity index (χ1) is 9.99. The van der Waals surface area contributed by atoms with Crippen LogP contribution in [0.1, 0.15) is 31.2 Å². The lowest BCUT2D eigenvalue weighted by Gasteiger charge is -2.27. The fourth-order valence-electron chi connectivity index (χ4n) is 2.83. The molecule has 0 radical (unpaired) electrons. The summed E-state index contributed by atoms with van der Waals surface area (Å²) in [7, 11) is 0. The first-order valence-corrected chi connectivity index (χ1v) is 7.36. The molecule has 0 aromatic heterocycles. The maximum atomic E-state index is 13.9. The summed E-state index contributed by atoms with van der Waals surface area (Å²) < 4.78 is 27.9. The van der Waals surface area contributed by atoms with E-state index in [4.69, 9.17) is 5.11 Å². The van der Waals surface area contributed by atoms with Crippen LogP contribution in [0.5, 0.6) is 0 Å². The van der Waals surface area contributed by atoms with E-state index in [0.717, 1.165) is 12.8 Å². The van der Waals surface area contributed by atoms with Crippen LogP contribution in [0.3, 0.4) is 0 Å². The number of rotatable bonds is 6. The molecule has 0 saturated heterocycles. The standard InChI is InChI=1S/C16H21F2NO2/c17-16(18,14-4-2-1-3-5-14)11-19-10-12-6-8-13(9-7-12)15(20)21/h1-5,12-13,19H,6-11H2,(H,20,21). The molecule has 1 aromatic carbocycles. The van der Waals surface area contributed by atoms with Crippen molar-refractivity contribution >= 4 is 5.97 Å². The minimum atomic E-state index is -2.88. The van der Waals surface area contributed by atoms with Gasteiger partial charge in [-0.1, -0.05) is 30.3 Å². The van der Waals surface area contributed by atoms with Crippen molar-refractivity contribution in [2.75, 3.05) is 13.1 Å². The van der Waals surface area contributed by atoms with Gasteiger partial charge in [-0.15, -0.1) is 0 Å². The number of carboxylic acid groups (broad SMARTS) is 1. The largest absolute Gasteiger partial charge is 0.481 e. The Balaban J connectivity index is 1.74. The van der Waals surface area contributed by atoms with Gasteiger partial charge in [0.15, 0.2) is 0 Å². The number of carbonyl (C=O) groups is 1. The second kappa shape index (κ2) is 6.98. The number of alkyl halides is 2. The van der Waals surface area contributed by atoms with Gasteiger partial charge in [0.2, 0.25) is 0 Å². The number of aliphatic carboxylic acids is 1. The van der Waals surface area contributed by atoms with Crippen molar-refractivity contribution in [3.63, 3.8) is 0 Å². The lowest BCUT2D eigenvalue weighted by Crippen LogP contribution is -2.35. The van der Waals surface area contributed by atoms with Gasteiger partial charge >= 0.3 is 5.97 Å². The summed E-state index contributed by atoms with van der Waals surface area (Å²) in [6.07, 6.45) is 2.88. The number of hydrogen-bond acceptors (Lipinski definition) is 2. The Kier molecular flexibility index (Phi) is 5.28. The van der Waals surface area contributed by atoms with Gasteiger partial charge in [0.1, 0.15) is 0 Å². The highest BCUT2D eigenvalue weighted by molar-refractivity contribution is 5.69. The van der Waals surface area contributed by atoms with Gasteiger partial charge in [-0.2, -0.15) is 8.78 Å². The molecule has 0 heterocycles. The summed E-state index contributed by atoms with van der Waals surface area (Å²) in [4.78, 5) is 10.8. The van der Waals surface area contributed by atoms with E-state index in [0.29, 0.717) is 25.3 Å². The van der Waals surface area contributed by atoms with E-state index in [1.165, 1.54) is 12.1 Å². The number of hydrogen-bond donors (Lipinski definition) is 2. The van der Waals surface area contributed by atoms with Crippen LogP contribution in [-0.2, 0) is 10.7 Å². The second-order valence-electron chi connectivity index (χ2n) is 5.76. The lowest BCUT2D eigenvalue weighted by atomic mass is 9.82. The van der Waals surface area contributed by atoms with E-state index in [9.17, 15) is 13.6 Å². The van der Waals surface area contributed by atoms with Gasteiger partial charge in [0.05, 0.1) is 12.5 Å². The molecule has 1 fully saturated rings. The normalized spacial score (nSPS) is 23.0. The summed E-state index contributed by atoms with van der Waals surface area (Å²) in [6.45, 7) is 0.143. The molecule has 0 aliphatic heterocycles. The van der Waals surface area contributed by atoms with Crippen LogP contribution >= 0.6 is 0 Å². The predicted molar refractivity (Wildman–Crippen MR) is 76.3 cm³/mol. The molecular formula is C16H21F2NO2. The highest BCUT2D eigenvalue weighted by Crippen LogP contribution is 2.29. The third kappa shape index (κ3) is 4.49. The molecule has 0 spiro atoms. The average Bonchev–Trinajstić information content (AvgIpc) is 2.48. The molecule has 3 nitrogen and oxygen atoms in total. The van der Waals surface area contributed by atoms with Crippen LogP contribution in [0.4, 0.5) is 8.78 Å². The molecule has 0 unspecified atom stereocenters. The van der Waals surface area contributed by atoms with Gasteiger partial charge in [-0.3, -0.25) is 4.79 Å². The average molecular weight is 297 g/mol. The quantitative estimate of drug-likeness (QED) is 0.847. The van der Waals surface area contributed by atoms with Crippen LogP contribution in [-0.4, -0.2) is 24.2 Å². The Morgan fingerprint density at radius 3 is 2.38 bits per heavy atom. The fraction of sp³-hybridized carbons (Fsp3) is 0.562. The van der Waals surface area contributed by atoms with E-state index >= 15 is 0 Å². The fourth-order valence-corrected chi connectivity index (χ4v) is 2.83. The van der Waals surface area contributed by atoms with Crippen LogP contribution in [0, 0.1) is 11.8 Å². The topological polar surface area (TPSA) is 49.3 Å². The molecule has 2 rings (SSSR count). The number of halogens is 2. The highest BCUT2D eigenvalue weighted by atomic mass is 19.3. The Bertz CT molecular complexity index is 457. The van der Waals surface area contributed by atoms with E-state index in [1.807, 2.05) is 0 Å². The van der Waals surface area contributed by atoms with Gasteiger partial charge in [-0.05, 0) is 38.1 Å². The molecule has 1 saturated carbocycles. The third-order valence-electron chi connectivity index (χ3n) is 4.17. The SMILES string of the molecule is O=C(O)C1CCC(CNCC(F)(F)c2ccccc2)CC1. The lowest BCUT2D eigenvalue weighted by molar-refractivity contribution is -0.143. The Morgan fingerprint density at radius 2 is 1.81 bits per heavy atom. The van der Waals surface area contributed by atoms with Crippen molar-refractivity contribution in [3.8, 4) is 0 Å². The Labute approximate surface area is 123 Å². The first-order valence-electron chi connectivity index (χ1n) is 7.36. The number of carboxylic acids is 1. The number of nitrogens with one attached hydrogen (secondary N) is 1. The van der Waals surface area contributed by atoms with Crippen molar-refractivity contribution in [3.05, 3.63) is 35.9 Å². The van der Waals surface area contributed by atoms with Gasteiger partial charge in [0, 0.05) is 5.56 Å². The minimum absolute atomic E-state index is 0.0204. The molecule has 1 aliphatic carbocycles. The number of benzene rings is 1. The van der Waals surface area contributed by atoms with Crippen molar-refractivity contribution in [1.29, 1.82) is 0 Å². The molecule has 1 aliphatic rings. The molecule has 0 bridgehead atoms. The maximum Gasteiger partial charge on any atom is 0.306 e. The summed E-state index contributed by atoms with van der Waals surface area (Å²) in [5, 5.41) is 11.8. The van der Waals surface area contributed by atoms with Gasteiger partial charge < -0.3 is 10.4 Å².